The monoisotopic (exact) mass is 118 g/mol. The summed E-state index contributed by atoms with van der Waals surface area (Å²) in [6, 6.07) is 0. The van der Waals surface area contributed by atoms with Gasteiger partial charge in [-0.25, -0.2) is 0 Å². The van der Waals surface area contributed by atoms with Crippen molar-refractivity contribution in [2.45, 2.75) is 0 Å². The first-order valence-electron chi connectivity index (χ1n) is 1.92. The second-order valence-corrected chi connectivity index (χ2v) is 1.19. The predicted octanol–water partition coefficient (Wildman–Crippen LogP) is 0.875. The van der Waals surface area contributed by atoms with Crippen molar-refractivity contribution in [2.24, 2.45) is 0 Å². The predicted molar refractivity (Wildman–Crippen MR) is 30.4 cm³/mol. The van der Waals surface area contributed by atoms with Gasteiger partial charge in [0.15, 0.2) is 0 Å². The van der Waals surface area contributed by atoms with E-state index in [1.807, 2.05) is 0 Å². The standard InChI is InChI=1S/C5H7ClO/c1-7-5-3-2-4-6/h4-5H2,1H3. The normalized spacial score (nSPS) is 7.14. The summed E-state index contributed by atoms with van der Waals surface area (Å²) in [5.41, 5.74) is 0. The molecule has 0 fully saturated rings. The lowest BCUT2D eigenvalue weighted by atomic mass is 10.6. The van der Waals surface area contributed by atoms with Crippen LogP contribution in [-0.4, -0.2) is 19.6 Å². The third-order valence-electron chi connectivity index (χ3n) is 0.408. The van der Waals surface area contributed by atoms with Crippen LogP contribution in [0.25, 0.3) is 0 Å². The topological polar surface area (TPSA) is 9.23 Å². The minimum Gasteiger partial charge on any atom is -0.372 e. The molecule has 1 nitrogen and oxygen atoms in total. The lowest BCUT2D eigenvalue weighted by Gasteiger charge is -1.79. The summed E-state index contributed by atoms with van der Waals surface area (Å²) in [6.45, 7) is 0.479. The molecule has 0 aromatic rings. The molecule has 0 spiro atoms. The molecule has 0 bridgehead atoms. The van der Waals surface area contributed by atoms with E-state index in [-0.39, 0.29) is 0 Å². The summed E-state index contributed by atoms with van der Waals surface area (Å²) in [6.07, 6.45) is 0. The largest absolute Gasteiger partial charge is 0.372 e. The van der Waals surface area contributed by atoms with Crippen LogP contribution in [0.3, 0.4) is 0 Å². The van der Waals surface area contributed by atoms with Crippen molar-refractivity contribution in [3.8, 4) is 11.8 Å². The van der Waals surface area contributed by atoms with E-state index in [4.69, 9.17) is 11.6 Å². The number of ether oxygens (including phenoxy) is 1. The summed E-state index contributed by atoms with van der Waals surface area (Å²) >= 11 is 5.21. The molecule has 0 saturated carbocycles. The second kappa shape index (κ2) is 5.81. The Bertz CT molecular complexity index is 79.8. The van der Waals surface area contributed by atoms with Crippen LogP contribution in [0.5, 0.6) is 0 Å². The Morgan fingerprint density at radius 3 is 2.71 bits per heavy atom. The van der Waals surface area contributed by atoms with Gasteiger partial charge in [-0.3, -0.25) is 0 Å². The molecule has 0 rings (SSSR count). The summed E-state index contributed by atoms with van der Waals surface area (Å²) in [7, 11) is 1.60. The summed E-state index contributed by atoms with van der Waals surface area (Å²) in [4.78, 5) is 0. The van der Waals surface area contributed by atoms with E-state index in [0.29, 0.717) is 12.5 Å². The molecule has 40 valence electrons. The lowest BCUT2D eigenvalue weighted by molar-refractivity contribution is 0.240. The molecule has 0 amide bonds. The van der Waals surface area contributed by atoms with Crippen molar-refractivity contribution < 1.29 is 4.74 Å². The molecule has 0 aromatic carbocycles. The van der Waals surface area contributed by atoms with E-state index >= 15 is 0 Å². The molecular formula is C5H7ClO. The molecule has 7 heavy (non-hydrogen) atoms. The van der Waals surface area contributed by atoms with Crippen LogP contribution >= 0.6 is 11.6 Å². The zero-order chi connectivity index (χ0) is 5.54. The van der Waals surface area contributed by atoms with Gasteiger partial charge in [-0.05, 0) is 0 Å². The Balaban J connectivity index is 2.91. The molecular weight excluding hydrogens is 112 g/mol. The maximum atomic E-state index is 5.21. The van der Waals surface area contributed by atoms with Gasteiger partial charge < -0.3 is 4.74 Å². The van der Waals surface area contributed by atoms with E-state index < -0.39 is 0 Å². The maximum Gasteiger partial charge on any atom is 0.107 e. The zero-order valence-electron chi connectivity index (χ0n) is 4.20. The van der Waals surface area contributed by atoms with Gasteiger partial charge in [-0.1, -0.05) is 11.8 Å². The molecule has 0 aliphatic carbocycles. The first kappa shape index (κ1) is 6.81. The quantitative estimate of drug-likeness (QED) is 0.367. The molecule has 0 radical (unpaired) electrons. The van der Waals surface area contributed by atoms with Crippen molar-refractivity contribution in [1.82, 2.24) is 0 Å². The summed E-state index contributed by atoms with van der Waals surface area (Å²) < 4.78 is 4.61. The molecule has 0 saturated heterocycles. The fraction of sp³-hybridized carbons (Fsp3) is 0.600. The van der Waals surface area contributed by atoms with Crippen molar-refractivity contribution in [3.63, 3.8) is 0 Å². The number of methoxy groups -OCH3 is 1. The Labute approximate surface area is 48.6 Å². The molecule has 2 heteroatoms. The van der Waals surface area contributed by atoms with Gasteiger partial charge in [0.25, 0.3) is 0 Å². The van der Waals surface area contributed by atoms with Crippen LogP contribution in [0, 0.1) is 11.8 Å². The van der Waals surface area contributed by atoms with Crippen LogP contribution in [-0.2, 0) is 4.74 Å². The number of alkyl halides is 1. The van der Waals surface area contributed by atoms with Gasteiger partial charge in [0.05, 0.1) is 5.88 Å². The SMILES string of the molecule is COCC#CCCl. The minimum atomic E-state index is 0.392. The minimum absolute atomic E-state index is 0.392. The summed E-state index contributed by atoms with van der Waals surface area (Å²) in [5.74, 6) is 5.71. The number of hydrogen-bond acceptors (Lipinski definition) is 1. The number of halogens is 1. The third kappa shape index (κ3) is 5.81. The van der Waals surface area contributed by atoms with Gasteiger partial charge >= 0.3 is 0 Å². The van der Waals surface area contributed by atoms with Gasteiger partial charge in [-0.2, -0.15) is 0 Å². The smallest absolute Gasteiger partial charge is 0.107 e. The third-order valence-corrected chi connectivity index (χ3v) is 0.542. The molecule has 0 heterocycles. The van der Waals surface area contributed by atoms with Crippen molar-refractivity contribution >= 4 is 11.6 Å². The molecule has 0 N–H and O–H groups in total. The average Bonchev–Trinajstić information content (AvgIpc) is 1.69. The van der Waals surface area contributed by atoms with E-state index in [1.165, 1.54) is 0 Å². The van der Waals surface area contributed by atoms with E-state index in [2.05, 4.69) is 16.6 Å². The van der Waals surface area contributed by atoms with Crippen LogP contribution < -0.4 is 0 Å². The highest BCUT2D eigenvalue weighted by atomic mass is 35.5. The fourth-order valence-electron chi connectivity index (χ4n) is 0.170. The van der Waals surface area contributed by atoms with E-state index in [9.17, 15) is 0 Å². The molecule has 0 unspecified atom stereocenters. The van der Waals surface area contributed by atoms with Gasteiger partial charge in [0, 0.05) is 7.11 Å². The van der Waals surface area contributed by atoms with Crippen molar-refractivity contribution in [3.05, 3.63) is 0 Å². The molecule has 0 aromatic heterocycles. The highest BCUT2D eigenvalue weighted by Crippen LogP contribution is 1.67. The maximum absolute atomic E-state index is 5.21. The van der Waals surface area contributed by atoms with E-state index in [1.54, 1.807) is 7.11 Å². The first-order chi connectivity index (χ1) is 3.41. The van der Waals surface area contributed by atoms with E-state index in [0.717, 1.165) is 0 Å². The van der Waals surface area contributed by atoms with Gasteiger partial charge in [0.2, 0.25) is 0 Å². The van der Waals surface area contributed by atoms with Crippen molar-refractivity contribution in [2.75, 3.05) is 19.6 Å². The second-order valence-electron chi connectivity index (χ2n) is 0.920. The Kier molecular flexibility index (Phi) is 5.65. The van der Waals surface area contributed by atoms with Gasteiger partial charge in [0.1, 0.15) is 6.61 Å². The van der Waals surface area contributed by atoms with Crippen LogP contribution in [0.4, 0.5) is 0 Å². The fourth-order valence-corrected chi connectivity index (χ4v) is 0.265. The zero-order valence-corrected chi connectivity index (χ0v) is 4.96. The van der Waals surface area contributed by atoms with Crippen molar-refractivity contribution in [1.29, 1.82) is 0 Å². The number of rotatable bonds is 1. The van der Waals surface area contributed by atoms with Gasteiger partial charge in [-0.15, -0.1) is 11.6 Å². The molecule has 0 atom stereocenters. The number of hydrogen-bond donors (Lipinski definition) is 0. The Morgan fingerprint density at radius 1 is 1.57 bits per heavy atom. The average molecular weight is 119 g/mol. The Hall–Kier alpha value is -0.190. The lowest BCUT2D eigenvalue weighted by Crippen LogP contribution is -1.80. The molecule has 0 aliphatic rings. The highest BCUT2D eigenvalue weighted by molar-refractivity contribution is 6.19. The van der Waals surface area contributed by atoms with Crippen LogP contribution in [0.15, 0.2) is 0 Å². The molecule has 0 aliphatic heterocycles. The van der Waals surface area contributed by atoms with Crippen LogP contribution in [0.2, 0.25) is 0 Å². The highest BCUT2D eigenvalue weighted by Gasteiger charge is 1.64. The Morgan fingerprint density at radius 2 is 2.29 bits per heavy atom. The van der Waals surface area contributed by atoms with Crippen LogP contribution in [0.1, 0.15) is 0 Å². The summed E-state index contributed by atoms with van der Waals surface area (Å²) in [5, 5.41) is 0. The first-order valence-corrected chi connectivity index (χ1v) is 2.46.